The molecule has 1 radical (unpaired) electrons. The SMILES string of the molecule is C=CCOc1cc[c]c(Cl)c1Cl. The lowest BCUT2D eigenvalue weighted by atomic mass is 10.3. The van der Waals surface area contributed by atoms with Gasteiger partial charge in [0, 0.05) is 6.07 Å². The van der Waals surface area contributed by atoms with Crippen molar-refractivity contribution in [1.82, 2.24) is 0 Å². The molecule has 0 aliphatic rings. The predicted molar refractivity (Wildman–Crippen MR) is 51.0 cm³/mol. The molecule has 0 atom stereocenters. The summed E-state index contributed by atoms with van der Waals surface area (Å²) in [6, 6.07) is 6.11. The maximum absolute atomic E-state index is 5.81. The first-order valence-corrected chi connectivity index (χ1v) is 4.10. The summed E-state index contributed by atoms with van der Waals surface area (Å²) >= 11 is 11.5. The summed E-state index contributed by atoms with van der Waals surface area (Å²) in [7, 11) is 0. The fourth-order valence-corrected chi connectivity index (χ4v) is 1.02. The standard InChI is InChI=1S/C9H7Cl2O/c1-2-6-12-8-5-3-4-7(10)9(8)11/h2-3,5H,1,6H2. The molecule has 0 heterocycles. The largest absolute Gasteiger partial charge is 0.488 e. The molecule has 0 bridgehead atoms. The lowest BCUT2D eigenvalue weighted by molar-refractivity contribution is 0.363. The average Bonchev–Trinajstić information content (AvgIpc) is 2.08. The number of ether oxygens (including phenoxy) is 1. The van der Waals surface area contributed by atoms with Crippen LogP contribution in [0.3, 0.4) is 0 Å². The average molecular weight is 202 g/mol. The van der Waals surface area contributed by atoms with Gasteiger partial charge in [-0.05, 0) is 12.1 Å². The van der Waals surface area contributed by atoms with Crippen molar-refractivity contribution in [2.24, 2.45) is 0 Å². The third kappa shape index (κ3) is 2.16. The van der Waals surface area contributed by atoms with Crippen molar-refractivity contribution >= 4 is 23.2 Å². The highest BCUT2D eigenvalue weighted by molar-refractivity contribution is 6.42. The predicted octanol–water partition coefficient (Wildman–Crippen LogP) is 3.36. The number of halogens is 2. The van der Waals surface area contributed by atoms with Crippen LogP contribution in [0.2, 0.25) is 10.0 Å². The molecule has 0 spiro atoms. The Balaban J connectivity index is 2.84. The molecular weight excluding hydrogens is 195 g/mol. The molecule has 3 heteroatoms. The van der Waals surface area contributed by atoms with Gasteiger partial charge in [0.05, 0.1) is 5.02 Å². The van der Waals surface area contributed by atoms with Crippen LogP contribution in [0.25, 0.3) is 0 Å². The van der Waals surface area contributed by atoms with Gasteiger partial charge in [0.15, 0.2) is 0 Å². The Morgan fingerprint density at radius 2 is 2.33 bits per heavy atom. The molecule has 0 saturated carbocycles. The second-order valence-electron chi connectivity index (χ2n) is 2.07. The molecule has 0 N–H and O–H groups in total. The van der Waals surface area contributed by atoms with Crippen LogP contribution in [0.4, 0.5) is 0 Å². The van der Waals surface area contributed by atoms with Crippen molar-refractivity contribution in [1.29, 1.82) is 0 Å². The normalized spacial score (nSPS) is 9.50. The Bertz CT molecular complexity index is 284. The lowest BCUT2D eigenvalue weighted by Gasteiger charge is -2.05. The second kappa shape index (κ2) is 4.39. The van der Waals surface area contributed by atoms with Gasteiger partial charge < -0.3 is 4.74 Å². The van der Waals surface area contributed by atoms with Gasteiger partial charge in [-0.1, -0.05) is 35.9 Å². The van der Waals surface area contributed by atoms with Gasteiger partial charge in [-0.25, -0.2) is 0 Å². The highest BCUT2D eigenvalue weighted by atomic mass is 35.5. The maximum atomic E-state index is 5.81. The van der Waals surface area contributed by atoms with Crippen LogP contribution in [-0.4, -0.2) is 6.61 Å². The number of hydrogen-bond donors (Lipinski definition) is 0. The molecule has 0 aliphatic heterocycles. The summed E-state index contributed by atoms with van der Waals surface area (Å²) in [5.74, 6) is 0.556. The Morgan fingerprint density at radius 3 is 3.00 bits per heavy atom. The summed E-state index contributed by atoms with van der Waals surface area (Å²) in [5, 5.41) is 0.763. The molecule has 0 aliphatic carbocycles. The van der Waals surface area contributed by atoms with E-state index >= 15 is 0 Å². The molecule has 1 aromatic rings. The van der Waals surface area contributed by atoms with Crippen molar-refractivity contribution in [3.8, 4) is 5.75 Å². The van der Waals surface area contributed by atoms with Crippen molar-refractivity contribution in [2.75, 3.05) is 6.61 Å². The smallest absolute Gasteiger partial charge is 0.139 e. The third-order valence-electron chi connectivity index (χ3n) is 1.21. The Morgan fingerprint density at radius 1 is 1.58 bits per heavy atom. The molecule has 0 amide bonds. The fraction of sp³-hybridized carbons (Fsp3) is 0.111. The summed E-state index contributed by atoms with van der Waals surface area (Å²) in [5.41, 5.74) is 0. The van der Waals surface area contributed by atoms with Crippen molar-refractivity contribution in [2.45, 2.75) is 0 Å². The topological polar surface area (TPSA) is 9.23 Å². The van der Waals surface area contributed by atoms with Crippen molar-refractivity contribution in [3.05, 3.63) is 40.9 Å². The molecular formula is C9H7Cl2O. The molecule has 0 aromatic heterocycles. The van der Waals surface area contributed by atoms with Gasteiger partial charge in [0.1, 0.15) is 17.4 Å². The van der Waals surface area contributed by atoms with E-state index in [1.54, 1.807) is 18.2 Å². The number of hydrogen-bond acceptors (Lipinski definition) is 1. The van der Waals surface area contributed by atoms with E-state index in [0.717, 1.165) is 0 Å². The van der Waals surface area contributed by atoms with Crippen LogP contribution in [0.1, 0.15) is 0 Å². The van der Waals surface area contributed by atoms with E-state index < -0.39 is 0 Å². The van der Waals surface area contributed by atoms with Crippen molar-refractivity contribution in [3.63, 3.8) is 0 Å². The molecule has 12 heavy (non-hydrogen) atoms. The molecule has 0 fully saturated rings. The van der Waals surface area contributed by atoms with Gasteiger partial charge in [-0.3, -0.25) is 0 Å². The highest BCUT2D eigenvalue weighted by Gasteiger charge is 2.03. The summed E-state index contributed by atoms with van der Waals surface area (Å²) in [6.45, 7) is 3.94. The Hall–Kier alpha value is -0.660. The van der Waals surface area contributed by atoms with Crippen LogP contribution in [0.15, 0.2) is 24.8 Å². The number of benzene rings is 1. The minimum absolute atomic E-state index is 0.373. The quantitative estimate of drug-likeness (QED) is 0.682. The van der Waals surface area contributed by atoms with E-state index in [0.29, 0.717) is 22.4 Å². The van der Waals surface area contributed by atoms with Crippen LogP contribution >= 0.6 is 23.2 Å². The van der Waals surface area contributed by atoms with Gasteiger partial charge in [-0.15, -0.1) is 0 Å². The fourth-order valence-electron chi connectivity index (χ4n) is 0.695. The van der Waals surface area contributed by atoms with Crippen LogP contribution < -0.4 is 4.74 Å². The van der Waals surface area contributed by atoms with Crippen molar-refractivity contribution < 1.29 is 4.74 Å². The van der Waals surface area contributed by atoms with Gasteiger partial charge in [0.2, 0.25) is 0 Å². The Kier molecular flexibility index (Phi) is 3.45. The zero-order valence-electron chi connectivity index (χ0n) is 6.31. The monoisotopic (exact) mass is 201 g/mol. The van der Waals surface area contributed by atoms with Gasteiger partial charge in [-0.2, -0.15) is 0 Å². The summed E-state index contributed by atoms with van der Waals surface area (Å²) < 4.78 is 5.21. The second-order valence-corrected chi connectivity index (χ2v) is 2.83. The van der Waals surface area contributed by atoms with E-state index in [2.05, 4.69) is 12.6 Å². The van der Waals surface area contributed by atoms with E-state index in [1.165, 1.54) is 0 Å². The molecule has 63 valence electrons. The molecule has 1 rings (SSSR count). The minimum Gasteiger partial charge on any atom is -0.488 e. The van der Waals surface area contributed by atoms with E-state index in [9.17, 15) is 0 Å². The number of rotatable bonds is 3. The highest BCUT2D eigenvalue weighted by Crippen LogP contribution is 2.30. The maximum Gasteiger partial charge on any atom is 0.139 e. The molecule has 0 unspecified atom stereocenters. The summed E-state index contributed by atoms with van der Waals surface area (Å²) in [6.07, 6.45) is 1.64. The molecule has 0 saturated heterocycles. The Labute approximate surface area is 81.6 Å². The first-order valence-electron chi connectivity index (χ1n) is 3.35. The molecule has 1 aromatic carbocycles. The zero-order valence-corrected chi connectivity index (χ0v) is 7.82. The lowest BCUT2D eigenvalue weighted by Crippen LogP contribution is -1.93. The minimum atomic E-state index is 0.373. The van der Waals surface area contributed by atoms with E-state index in [1.807, 2.05) is 0 Å². The zero-order chi connectivity index (χ0) is 8.97. The first-order chi connectivity index (χ1) is 5.75. The molecule has 1 nitrogen and oxygen atoms in total. The van der Waals surface area contributed by atoms with E-state index in [-0.39, 0.29) is 0 Å². The first kappa shape index (κ1) is 9.43. The summed E-state index contributed by atoms with van der Waals surface area (Å²) in [4.78, 5) is 0. The van der Waals surface area contributed by atoms with Crippen LogP contribution in [-0.2, 0) is 0 Å². The van der Waals surface area contributed by atoms with Crippen LogP contribution in [0, 0.1) is 6.07 Å². The third-order valence-corrected chi connectivity index (χ3v) is 1.98. The van der Waals surface area contributed by atoms with Gasteiger partial charge >= 0.3 is 0 Å². The van der Waals surface area contributed by atoms with Crippen LogP contribution in [0.5, 0.6) is 5.75 Å². The van der Waals surface area contributed by atoms with Gasteiger partial charge in [0.25, 0.3) is 0 Å². The van der Waals surface area contributed by atoms with E-state index in [4.69, 9.17) is 27.9 Å².